The van der Waals surface area contributed by atoms with E-state index < -0.39 is 0 Å². The number of carbonyl (C=O) groups excluding carboxylic acids is 1. The molecule has 1 unspecified atom stereocenters. The van der Waals surface area contributed by atoms with E-state index in [2.05, 4.69) is 20.5 Å². The third-order valence-corrected chi connectivity index (χ3v) is 3.61. The molecule has 112 valence electrons. The molecule has 1 amide bonds. The van der Waals surface area contributed by atoms with Crippen molar-refractivity contribution in [2.75, 3.05) is 6.54 Å². The first-order chi connectivity index (χ1) is 10.1. The van der Waals surface area contributed by atoms with Crippen LogP contribution in [0.2, 0.25) is 0 Å². The highest BCUT2D eigenvalue weighted by molar-refractivity contribution is 8.00. The average molecular weight is 306 g/mol. The van der Waals surface area contributed by atoms with E-state index in [1.807, 2.05) is 39.0 Å². The Kier molecular flexibility index (Phi) is 5.21. The Morgan fingerprint density at radius 2 is 2.33 bits per heavy atom. The molecule has 6 nitrogen and oxygen atoms in total. The van der Waals surface area contributed by atoms with Gasteiger partial charge in [-0.15, -0.1) is 5.10 Å². The molecule has 0 radical (unpaired) electrons. The standard InChI is InChI=1S/C14H18N4O2S/c1-4-15-13(19)10(3)21-14-16-12(17-18-14)8-7-11-6-5-9(2)20-11/h5-8,10H,4H2,1-3H3,(H,15,19)(H,16,17,18)/b8-7+. The normalized spacial score (nSPS) is 12.7. The zero-order chi connectivity index (χ0) is 15.2. The largest absolute Gasteiger partial charge is 0.462 e. The summed E-state index contributed by atoms with van der Waals surface area (Å²) in [5, 5.41) is 9.98. The molecule has 0 bridgehead atoms. The van der Waals surface area contributed by atoms with Gasteiger partial charge in [0.05, 0.1) is 5.25 Å². The van der Waals surface area contributed by atoms with E-state index >= 15 is 0 Å². The molecule has 0 aliphatic carbocycles. The highest BCUT2D eigenvalue weighted by atomic mass is 32.2. The minimum Gasteiger partial charge on any atom is -0.462 e. The van der Waals surface area contributed by atoms with Gasteiger partial charge in [0.2, 0.25) is 11.1 Å². The van der Waals surface area contributed by atoms with Crippen LogP contribution in [0.15, 0.2) is 21.7 Å². The number of hydrogen-bond donors (Lipinski definition) is 2. The monoisotopic (exact) mass is 306 g/mol. The molecule has 0 saturated heterocycles. The Balaban J connectivity index is 1.95. The van der Waals surface area contributed by atoms with Crippen LogP contribution in [0.1, 0.15) is 31.2 Å². The number of aryl methyl sites for hydroxylation is 1. The SMILES string of the molecule is CCNC(=O)C(C)Sc1n[nH]c(/C=C/c2ccc(C)o2)n1. The second-order valence-electron chi connectivity index (χ2n) is 4.44. The number of amides is 1. The van der Waals surface area contributed by atoms with Crippen molar-refractivity contribution < 1.29 is 9.21 Å². The van der Waals surface area contributed by atoms with Gasteiger partial charge in [0.25, 0.3) is 0 Å². The molecule has 0 aliphatic rings. The minimum atomic E-state index is -0.231. The van der Waals surface area contributed by atoms with Gasteiger partial charge in [-0.1, -0.05) is 11.8 Å². The summed E-state index contributed by atoms with van der Waals surface area (Å²) < 4.78 is 5.43. The first-order valence-corrected chi connectivity index (χ1v) is 7.57. The van der Waals surface area contributed by atoms with Crippen molar-refractivity contribution in [3.05, 3.63) is 29.5 Å². The number of carbonyl (C=O) groups is 1. The highest BCUT2D eigenvalue weighted by Gasteiger charge is 2.15. The number of furan rings is 1. The Bertz CT molecular complexity index is 632. The maximum atomic E-state index is 11.6. The van der Waals surface area contributed by atoms with Crippen LogP contribution in [0.4, 0.5) is 0 Å². The summed E-state index contributed by atoms with van der Waals surface area (Å²) in [6.07, 6.45) is 3.60. The number of aromatic amines is 1. The van der Waals surface area contributed by atoms with Crippen LogP contribution in [-0.2, 0) is 4.79 Å². The smallest absolute Gasteiger partial charge is 0.233 e. The molecule has 1 atom stereocenters. The van der Waals surface area contributed by atoms with E-state index in [-0.39, 0.29) is 11.2 Å². The zero-order valence-electron chi connectivity index (χ0n) is 12.2. The van der Waals surface area contributed by atoms with Crippen molar-refractivity contribution in [1.29, 1.82) is 0 Å². The molecule has 21 heavy (non-hydrogen) atoms. The van der Waals surface area contributed by atoms with Crippen molar-refractivity contribution >= 4 is 29.8 Å². The topological polar surface area (TPSA) is 83.8 Å². The Hall–Kier alpha value is -2.02. The molecule has 0 spiro atoms. The fraction of sp³-hybridized carbons (Fsp3) is 0.357. The van der Waals surface area contributed by atoms with Crippen molar-refractivity contribution in [1.82, 2.24) is 20.5 Å². The van der Waals surface area contributed by atoms with E-state index in [1.54, 1.807) is 6.08 Å². The van der Waals surface area contributed by atoms with E-state index in [0.29, 0.717) is 17.5 Å². The summed E-state index contributed by atoms with van der Waals surface area (Å²) >= 11 is 1.32. The third kappa shape index (κ3) is 4.49. The van der Waals surface area contributed by atoms with Crippen molar-refractivity contribution in [3.8, 4) is 0 Å². The van der Waals surface area contributed by atoms with E-state index in [0.717, 1.165) is 11.5 Å². The number of aromatic nitrogens is 3. The third-order valence-electron chi connectivity index (χ3n) is 2.65. The van der Waals surface area contributed by atoms with E-state index in [4.69, 9.17) is 4.42 Å². The Morgan fingerprint density at radius 1 is 1.52 bits per heavy atom. The lowest BCUT2D eigenvalue weighted by atomic mass is 10.4. The van der Waals surface area contributed by atoms with Gasteiger partial charge in [-0.3, -0.25) is 9.89 Å². The molecule has 0 fully saturated rings. The molecule has 2 rings (SSSR count). The number of hydrogen-bond acceptors (Lipinski definition) is 5. The quantitative estimate of drug-likeness (QED) is 0.801. The Morgan fingerprint density at radius 3 is 3.00 bits per heavy atom. The number of nitrogens with one attached hydrogen (secondary N) is 2. The molecular formula is C14H18N4O2S. The number of rotatable bonds is 6. The van der Waals surface area contributed by atoms with Gasteiger partial charge in [0.1, 0.15) is 17.3 Å². The van der Waals surface area contributed by atoms with Gasteiger partial charge < -0.3 is 9.73 Å². The summed E-state index contributed by atoms with van der Waals surface area (Å²) in [7, 11) is 0. The van der Waals surface area contributed by atoms with Gasteiger partial charge in [0, 0.05) is 6.54 Å². The summed E-state index contributed by atoms with van der Waals surface area (Å²) in [6, 6.07) is 3.78. The van der Waals surface area contributed by atoms with Crippen LogP contribution in [-0.4, -0.2) is 32.9 Å². The van der Waals surface area contributed by atoms with Crippen molar-refractivity contribution in [2.45, 2.75) is 31.2 Å². The van der Waals surface area contributed by atoms with Crippen LogP contribution in [0.3, 0.4) is 0 Å². The molecule has 2 aromatic heterocycles. The van der Waals surface area contributed by atoms with Gasteiger partial charge in [-0.05, 0) is 45.1 Å². The van der Waals surface area contributed by atoms with E-state index in [9.17, 15) is 4.79 Å². The molecule has 0 saturated carbocycles. The maximum absolute atomic E-state index is 11.6. The second-order valence-corrected chi connectivity index (χ2v) is 5.75. The molecule has 0 aliphatic heterocycles. The number of H-pyrrole nitrogens is 1. The molecule has 2 heterocycles. The molecule has 0 aromatic carbocycles. The summed E-state index contributed by atoms with van der Waals surface area (Å²) in [5.74, 6) is 2.22. The van der Waals surface area contributed by atoms with Crippen LogP contribution in [0.5, 0.6) is 0 Å². The lowest BCUT2D eigenvalue weighted by molar-refractivity contribution is -0.120. The first kappa shape index (κ1) is 15.4. The minimum absolute atomic E-state index is 0.0181. The predicted molar refractivity (Wildman–Crippen MR) is 82.8 cm³/mol. The van der Waals surface area contributed by atoms with E-state index in [1.165, 1.54) is 11.8 Å². The summed E-state index contributed by atoms with van der Waals surface area (Å²) in [4.78, 5) is 15.9. The van der Waals surface area contributed by atoms with Crippen molar-refractivity contribution in [3.63, 3.8) is 0 Å². The lowest BCUT2D eigenvalue weighted by Crippen LogP contribution is -2.30. The predicted octanol–water partition coefficient (Wildman–Crippen LogP) is 2.49. The zero-order valence-corrected chi connectivity index (χ0v) is 13.0. The molecule has 2 N–H and O–H groups in total. The van der Waals surface area contributed by atoms with Crippen LogP contribution in [0, 0.1) is 6.92 Å². The maximum Gasteiger partial charge on any atom is 0.233 e. The van der Waals surface area contributed by atoms with Crippen molar-refractivity contribution in [2.24, 2.45) is 0 Å². The summed E-state index contributed by atoms with van der Waals surface area (Å²) in [5.41, 5.74) is 0. The van der Waals surface area contributed by atoms with Gasteiger partial charge in [-0.2, -0.15) is 0 Å². The second kappa shape index (κ2) is 7.12. The first-order valence-electron chi connectivity index (χ1n) is 6.69. The average Bonchev–Trinajstić information content (AvgIpc) is 3.06. The van der Waals surface area contributed by atoms with Crippen LogP contribution >= 0.6 is 11.8 Å². The summed E-state index contributed by atoms with van der Waals surface area (Å²) in [6.45, 7) is 6.23. The van der Waals surface area contributed by atoms with Gasteiger partial charge >= 0.3 is 0 Å². The van der Waals surface area contributed by atoms with Crippen LogP contribution < -0.4 is 5.32 Å². The number of thioether (sulfide) groups is 1. The fourth-order valence-corrected chi connectivity index (χ4v) is 2.38. The van der Waals surface area contributed by atoms with Gasteiger partial charge in [0.15, 0.2) is 0 Å². The highest BCUT2D eigenvalue weighted by Crippen LogP contribution is 2.19. The molecule has 2 aromatic rings. The fourth-order valence-electron chi connectivity index (χ4n) is 1.62. The number of nitrogens with zero attached hydrogens (tertiary/aromatic N) is 2. The lowest BCUT2D eigenvalue weighted by Gasteiger charge is -2.07. The molecule has 7 heteroatoms. The molecular weight excluding hydrogens is 288 g/mol. The van der Waals surface area contributed by atoms with Gasteiger partial charge in [-0.25, -0.2) is 4.98 Å². The van der Waals surface area contributed by atoms with Crippen LogP contribution in [0.25, 0.3) is 12.2 Å². The Labute approximate surface area is 127 Å².